The van der Waals surface area contributed by atoms with Gasteiger partial charge >= 0.3 is 0 Å². The molecule has 0 aliphatic carbocycles. The molecular formula is C18H27NO2. The zero-order valence-electron chi connectivity index (χ0n) is 13.6. The molecule has 0 bridgehead atoms. The first-order valence-corrected chi connectivity index (χ1v) is 7.90. The molecule has 0 fully saturated rings. The summed E-state index contributed by atoms with van der Waals surface area (Å²) in [5, 5.41) is 4.76. The highest BCUT2D eigenvalue weighted by atomic mass is 16.5. The lowest BCUT2D eigenvalue weighted by atomic mass is 10.0. The summed E-state index contributed by atoms with van der Waals surface area (Å²) in [5.41, 5.74) is 2.26. The van der Waals surface area contributed by atoms with E-state index >= 15 is 0 Å². The van der Waals surface area contributed by atoms with Crippen molar-refractivity contribution >= 4 is 11.0 Å². The number of ether oxygens (including phenoxy) is 1. The van der Waals surface area contributed by atoms with Crippen molar-refractivity contribution in [3.8, 4) is 0 Å². The molecule has 2 aromatic rings. The number of benzene rings is 1. The molecule has 0 saturated carbocycles. The van der Waals surface area contributed by atoms with Crippen LogP contribution in [-0.2, 0) is 11.2 Å². The summed E-state index contributed by atoms with van der Waals surface area (Å²) in [5.74, 6) is 1.54. The van der Waals surface area contributed by atoms with E-state index in [9.17, 15) is 0 Å². The molecule has 21 heavy (non-hydrogen) atoms. The third-order valence-corrected chi connectivity index (χ3v) is 3.78. The Morgan fingerprint density at radius 3 is 2.71 bits per heavy atom. The van der Waals surface area contributed by atoms with Crippen LogP contribution >= 0.6 is 0 Å². The number of nitrogens with one attached hydrogen (secondary N) is 1. The van der Waals surface area contributed by atoms with Crippen LogP contribution < -0.4 is 5.32 Å². The van der Waals surface area contributed by atoms with E-state index in [4.69, 9.17) is 9.15 Å². The van der Waals surface area contributed by atoms with E-state index in [-0.39, 0.29) is 6.04 Å². The van der Waals surface area contributed by atoms with Crippen molar-refractivity contribution < 1.29 is 9.15 Å². The Bertz CT molecular complexity index is 559. The lowest BCUT2D eigenvalue weighted by Gasteiger charge is -2.19. The van der Waals surface area contributed by atoms with E-state index in [1.807, 2.05) is 0 Å². The third-order valence-electron chi connectivity index (χ3n) is 3.78. The first-order chi connectivity index (χ1) is 10.2. The molecule has 0 aliphatic heterocycles. The summed E-state index contributed by atoms with van der Waals surface area (Å²) in [6.45, 7) is 8.40. The number of rotatable bonds is 8. The predicted octanol–water partition coefficient (Wildman–Crippen LogP) is 4.32. The molecule has 2 rings (SSSR count). The molecule has 1 aromatic carbocycles. The van der Waals surface area contributed by atoms with Gasteiger partial charge in [-0.1, -0.05) is 26.8 Å². The van der Waals surface area contributed by atoms with Gasteiger partial charge in [0.25, 0.3) is 0 Å². The molecule has 1 unspecified atom stereocenters. The zero-order chi connectivity index (χ0) is 15.2. The SMILES string of the molecule is CCCNC(c1cc2cc(CCOC)ccc2o1)C(C)C. The van der Waals surface area contributed by atoms with Crippen LogP contribution in [0.2, 0.25) is 0 Å². The average molecular weight is 289 g/mol. The van der Waals surface area contributed by atoms with Crippen molar-refractivity contribution in [2.45, 2.75) is 39.7 Å². The minimum absolute atomic E-state index is 0.278. The Labute approximate surface area is 127 Å². The van der Waals surface area contributed by atoms with Gasteiger partial charge in [0.15, 0.2) is 0 Å². The number of hydrogen-bond acceptors (Lipinski definition) is 3. The summed E-state index contributed by atoms with van der Waals surface area (Å²) in [6.07, 6.45) is 2.07. The Balaban J connectivity index is 2.23. The summed E-state index contributed by atoms with van der Waals surface area (Å²) < 4.78 is 11.2. The zero-order valence-corrected chi connectivity index (χ0v) is 13.6. The van der Waals surface area contributed by atoms with Crippen LogP contribution in [0.1, 0.15) is 44.6 Å². The molecule has 0 amide bonds. The van der Waals surface area contributed by atoms with Crippen molar-refractivity contribution in [3.63, 3.8) is 0 Å². The van der Waals surface area contributed by atoms with E-state index in [0.717, 1.165) is 37.3 Å². The predicted molar refractivity (Wildman–Crippen MR) is 87.7 cm³/mol. The fourth-order valence-corrected chi connectivity index (χ4v) is 2.61. The highest BCUT2D eigenvalue weighted by Crippen LogP contribution is 2.29. The summed E-state index contributed by atoms with van der Waals surface area (Å²) in [7, 11) is 1.74. The summed E-state index contributed by atoms with van der Waals surface area (Å²) >= 11 is 0. The number of hydrogen-bond donors (Lipinski definition) is 1. The van der Waals surface area contributed by atoms with Crippen LogP contribution in [0.5, 0.6) is 0 Å². The highest BCUT2D eigenvalue weighted by molar-refractivity contribution is 5.78. The van der Waals surface area contributed by atoms with Gasteiger partial charge in [0.1, 0.15) is 11.3 Å². The minimum Gasteiger partial charge on any atom is -0.459 e. The average Bonchev–Trinajstić information content (AvgIpc) is 2.87. The second kappa shape index (κ2) is 7.62. The van der Waals surface area contributed by atoms with E-state index in [2.05, 4.69) is 50.4 Å². The molecule has 1 aromatic heterocycles. The van der Waals surface area contributed by atoms with E-state index in [0.29, 0.717) is 5.92 Å². The maximum atomic E-state index is 6.05. The topological polar surface area (TPSA) is 34.4 Å². The molecular weight excluding hydrogens is 262 g/mol. The van der Waals surface area contributed by atoms with Crippen molar-refractivity contribution in [3.05, 3.63) is 35.6 Å². The van der Waals surface area contributed by atoms with Gasteiger partial charge in [0.2, 0.25) is 0 Å². The Kier molecular flexibility index (Phi) is 5.83. The fourth-order valence-electron chi connectivity index (χ4n) is 2.61. The van der Waals surface area contributed by atoms with Crippen molar-refractivity contribution in [1.29, 1.82) is 0 Å². The van der Waals surface area contributed by atoms with Gasteiger partial charge in [-0.15, -0.1) is 0 Å². The molecule has 0 saturated heterocycles. The van der Waals surface area contributed by atoms with Gasteiger partial charge in [-0.3, -0.25) is 0 Å². The van der Waals surface area contributed by atoms with E-state index < -0.39 is 0 Å². The monoisotopic (exact) mass is 289 g/mol. The number of methoxy groups -OCH3 is 1. The largest absolute Gasteiger partial charge is 0.459 e. The smallest absolute Gasteiger partial charge is 0.134 e. The minimum atomic E-state index is 0.278. The lowest BCUT2D eigenvalue weighted by molar-refractivity contribution is 0.202. The quantitative estimate of drug-likeness (QED) is 0.786. The summed E-state index contributed by atoms with van der Waals surface area (Å²) in [6, 6.07) is 8.86. The maximum absolute atomic E-state index is 6.05. The van der Waals surface area contributed by atoms with Crippen LogP contribution in [0.15, 0.2) is 28.7 Å². The van der Waals surface area contributed by atoms with Crippen LogP contribution in [0.4, 0.5) is 0 Å². The maximum Gasteiger partial charge on any atom is 0.134 e. The Morgan fingerprint density at radius 1 is 1.24 bits per heavy atom. The molecule has 3 heteroatoms. The molecule has 0 radical (unpaired) electrons. The molecule has 116 valence electrons. The molecule has 1 N–H and O–H groups in total. The van der Waals surface area contributed by atoms with Gasteiger partial charge in [-0.05, 0) is 49.1 Å². The molecule has 0 spiro atoms. The van der Waals surface area contributed by atoms with Crippen molar-refractivity contribution in [1.82, 2.24) is 5.32 Å². The standard InChI is InChI=1S/C18H27NO2/c1-5-9-19-18(13(2)3)17-12-15-11-14(8-10-20-4)6-7-16(15)21-17/h6-7,11-13,18-19H,5,8-10H2,1-4H3. The molecule has 1 heterocycles. The normalized spacial score (nSPS) is 13.2. The van der Waals surface area contributed by atoms with Crippen molar-refractivity contribution in [2.24, 2.45) is 5.92 Å². The van der Waals surface area contributed by atoms with Crippen LogP contribution in [-0.4, -0.2) is 20.3 Å². The van der Waals surface area contributed by atoms with E-state index in [1.165, 1.54) is 10.9 Å². The number of fused-ring (bicyclic) bond motifs is 1. The van der Waals surface area contributed by atoms with Gasteiger partial charge < -0.3 is 14.5 Å². The van der Waals surface area contributed by atoms with Crippen molar-refractivity contribution in [2.75, 3.05) is 20.3 Å². The highest BCUT2D eigenvalue weighted by Gasteiger charge is 2.19. The van der Waals surface area contributed by atoms with Crippen LogP contribution in [0.3, 0.4) is 0 Å². The van der Waals surface area contributed by atoms with Gasteiger partial charge in [-0.25, -0.2) is 0 Å². The first-order valence-electron chi connectivity index (χ1n) is 7.90. The molecule has 1 atom stereocenters. The second-order valence-electron chi connectivity index (χ2n) is 5.94. The fraction of sp³-hybridized carbons (Fsp3) is 0.556. The lowest BCUT2D eigenvalue weighted by Crippen LogP contribution is -2.25. The van der Waals surface area contributed by atoms with Crippen LogP contribution in [0.25, 0.3) is 11.0 Å². The summed E-state index contributed by atoms with van der Waals surface area (Å²) in [4.78, 5) is 0. The van der Waals surface area contributed by atoms with Gasteiger partial charge in [0.05, 0.1) is 12.6 Å². The first kappa shape index (κ1) is 16.1. The molecule has 3 nitrogen and oxygen atoms in total. The van der Waals surface area contributed by atoms with E-state index in [1.54, 1.807) is 7.11 Å². The Morgan fingerprint density at radius 2 is 2.05 bits per heavy atom. The van der Waals surface area contributed by atoms with Crippen LogP contribution in [0, 0.1) is 5.92 Å². The number of furan rings is 1. The van der Waals surface area contributed by atoms with Gasteiger partial charge in [0, 0.05) is 12.5 Å². The van der Waals surface area contributed by atoms with Gasteiger partial charge in [-0.2, -0.15) is 0 Å². The third kappa shape index (κ3) is 4.08. The second-order valence-corrected chi connectivity index (χ2v) is 5.94. The molecule has 0 aliphatic rings. The Hall–Kier alpha value is -1.32.